The molecule has 0 unspecified atom stereocenters. The molecule has 0 spiro atoms. The zero-order chi connectivity index (χ0) is 15.6. The molecule has 0 aliphatic carbocycles. The summed E-state index contributed by atoms with van der Waals surface area (Å²) in [6, 6.07) is 2.24. The molecule has 2 rings (SSSR count). The first-order valence-electron chi connectivity index (χ1n) is 6.91. The molecule has 21 heavy (non-hydrogen) atoms. The fourth-order valence-electron chi connectivity index (χ4n) is 2.34. The van der Waals surface area contributed by atoms with E-state index in [1.807, 2.05) is 18.7 Å². The van der Waals surface area contributed by atoms with Crippen molar-refractivity contribution in [3.8, 4) is 6.07 Å². The highest BCUT2D eigenvalue weighted by atomic mass is 16.2. The molecule has 0 bridgehead atoms. The molecule has 1 aliphatic heterocycles. The standard InChI is InChI=1S/C14H20N6O/c1-10-11(2)16-17-13(12(10)9-15)19-5-7-20(8-6-19)14(21)18(3)4/h5-8H2,1-4H3. The van der Waals surface area contributed by atoms with Gasteiger partial charge in [-0.25, -0.2) is 4.79 Å². The summed E-state index contributed by atoms with van der Waals surface area (Å²) < 4.78 is 0. The van der Waals surface area contributed by atoms with Crippen LogP contribution in [0, 0.1) is 25.2 Å². The summed E-state index contributed by atoms with van der Waals surface area (Å²) in [5.41, 5.74) is 2.22. The highest BCUT2D eigenvalue weighted by Gasteiger charge is 2.25. The van der Waals surface area contributed by atoms with Crippen LogP contribution in [0.3, 0.4) is 0 Å². The Morgan fingerprint density at radius 2 is 1.81 bits per heavy atom. The van der Waals surface area contributed by atoms with E-state index in [1.165, 1.54) is 0 Å². The first-order chi connectivity index (χ1) is 9.95. The molecule has 1 fully saturated rings. The number of carbonyl (C=O) groups is 1. The van der Waals surface area contributed by atoms with E-state index < -0.39 is 0 Å². The van der Waals surface area contributed by atoms with Crippen molar-refractivity contribution in [1.29, 1.82) is 5.26 Å². The Bertz CT molecular complexity index is 584. The Hall–Kier alpha value is -2.36. The van der Waals surface area contributed by atoms with Gasteiger partial charge in [-0.15, -0.1) is 5.10 Å². The molecular formula is C14H20N6O. The molecule has 112 valence electrons. The lowest BCUT2D eigenvalue weighted by molar-refractivity contribution is 0.168. The molecule has 0 radical (unpaired) electrons. The molecule has 0 atom stereocenters. The second-order valence-electron chi connectivity index (χ2n) is 5.37. The maximum Gasteiger partial charge on any atom is 0.319 e. The van der Waals surface area contributed by atoms with E-state index in [2.05, 4.69) is 16.3 Å². The van der Waals surface area contributed by atoms with Crippen LogP contribution >= 0.6 is 0 Å². The van der Waals surface area contributed by atoms with Crippen LogP contribution in [0.25, 0.3) is 0 Å². The summed E-state index contributed by atoms with van der Waals surface area (Å²) >= 11 is 0. The predicted molar refractivity (Wildman–Crippen MR) is 79.1 cm³/mol. The van der Waals surface area contributed by atoms with E-state index >= 15 is 0 Å². The fourth-order valence-corrected chi connectivity index (χ4v) is 2.34. The lowest BCUT2D eigenvalue weighted by Gasteiger charge is -2.36. The summed E-state index contributed by atoms with van der Waals surface area (Å²) in [7, 11) is 3.49. The van der Waals surface area contributed by atoms with Crippen LogP contribution in [0.1, 0.15) is 16.8 Å². The Labute approximate surface area is 124 Å². The topological polar surface area (TPSA) is 76.4 Å². The maximum atomic E-state index is 11.9. The molecule has 1 aromatic rings. The van der Waals surface area contributed by atoms with Gasteiger partial charge in [0, 0.05) is 40.3 Å². The Morgan fingerprint density at radius 3 is 2.33 bits per heavy atom. The molecular weight excluding hydrogens is 268 g/mol. The van der Waals surface area contributed by atoms with Crippen molar-refractivity contribution in [2.24, 2.45) is 0 Å². The molecule has 7 nitrogen and oxygen atoms in total. The number of aromatic nitrogens is 2. The van der Waals surface area contributed by atoms with Gasteiger partial charge in [0.25, 0.3) is 0 Å². The Balaban J connectivity index is 2.15. The normalized spacial score (nSPS) is 14.8. The first-order valence-corrected chi connectivity index (χ1v) is 6.91. The minimum atomic E-state index is 0.0151. The van der Waals surface area contributed by atoms with Gasteiger partial charge in [-0.3, -0.25) is 0 Å². The van der Waals surface area contributed by atoms with Gasteiger partial charge in [0.2, 0.25) is 0 Å². The van der Waals surface area contributed by atoms with Crippen molar-refractivity contribution in [3.63, 3.8) is 0 Å². The van der Waals surface area contributed by atoms with Gasteiger partial charge in [0.1, 0.15) is 11.6 Å². The number of rotatable bonds is 1. The third kappa shape index (κ3) is 2.89. The second-order valence-corrected chi connectivity index (χ2v) is 5.37. The van der Waals surface area contributed by atoms with Crippen LogP contribution in [-0.2, 0) is 0 Å². The van der Waals surface area contributed by atoms with Crippen molar-refractivity contribution in [2.45, 2.75) is 13.8 Å². The first kappa shape index (κ1) is 15.0. The average Bonchev–Trinajstić information content (AvgIpc) is 2.49. The Morgan fingerprint density at radius 1 is 1.19 bits per heavy atom. The van der Waals surface area contributed by atoms with Gasteiger partial charge in [0.05, 0.1) is 5.69 Å². The van der Waals surface area contributed by atoms with Crippen LogP contribution in [0.15, 0.2) is 0 Å². The van der Waals surface area contributed by atoms with E-state index in [9.17, 15) is 10.1 Å². The minimum absolute atomic E-state index is 0.0151. The number of nitrogens with zero attached hydrogens (tertiary/aromatic N) is 6. The molecule has 0 aromatic carbocycles. The summed E-state index contributed by atoms with van der Waals surface area (Å²) in [6.45, 7) is 6.29. The van der Waals surface area contributed by atoms with Gasteiger partial charge >= 0.3 is 6.03 Å². The van der Waals surface area contributed by atoms with Gasteiger partial charge < -0.3 is 14.7 Å². The fraction of sp³-hybridized carbons (Fsp3) is 0.571. The molecule has 2 heterocycles. The predicted octanol–water partition coefficient (Wildman–Crippen LogP) is 0.769. The molecule has 1 aliphatic rings. The lowest BCUT2D eigenvalue weighted by atomic mass is 10.1. The number of piperazine rings is 1. The van der Waals surface area contributed by atoms with Crippen LogP contribution in [0.4, 0.5) is 10.6 Å². The van der Waals surface area contributed by atoms with Crippen molar-refractivity contribution in [3.05, 3.63) is 16.8 Å². The maximum absolute atomic E-state index is 11.9. The van der Waals surface area contributed by atoms with E-state index in [1.54, 1.807) is 23.9 Å². The smallest absolute Gasteiger partial charge is 0.319 e. The third-order valence-electron chi connectivity index (χ3n) is 3.78. The minimum Gasteiger partial charge on any atom is -0.350 e. The van der Waals surface area contributed by atoms with E-state index in [0.717, 1.165) is 11.3 Å². The van der Waals surface area contributed by atoms with Crippen LogP contribution in [-0.4, -0.2) is 66.3 Å². The number of aryl methyl sites for hydroxylation is 1. The molecule has 1 aromatic heterocycles. The largest absolute Gasteiger partial charge is 0.350 e. The zero-order valence-electron chi connectivity index (χ0n) is 12.9. The molecule has 0 saturated carbocycles. The quantitative estimate of drug-likeness (QED) is 0.763. The molecule has 7 heteroatoms. The van der Waals surface area contributed by atoms with Crippen molar-refractivity contribution >= 4 is 11.8 Å². The molecule has 0 N–H and O–H groups in total. The SMILES string of the molecule is Cc1nnc(N2CCN(C(=O)N(C)C)CC2)c(C#N)c1C. The summed E-state index contributed by atoms with van der Waals surface area (Å²) in [5.74, 6) is 0.623. The van der Waals surface area contributed by atoms with E-state index in [-0.39, 0.29) is 6.03 Å². The molecule has 1 saturated heterocycles. The summed E-state index contributed by atoms with van der Waals surface area (Å²) in [4.78, 5) is 17.3. The van der Waals surface area contributed by atoms with Gasteiger partial charge in [0.15, 0.2) is 5.82 Å². The number of nitriles is 1. The molecule has 2 amide bonds. The van der Waals surface area contributed by atoms with Crippen LogP contribution < -0.4 is 4.90 Å². The average molecular weight is 288 g/mol. The summed E-state index contributed by atoms with van der Waals surface area (Å²) in [5, 5.41) is 17.6. The van der Waals surface area contributed by atoms with Gasteiger partial charge in [-0.05, 0) is 19.4 Å². The number of carbonyl (C=O) groups excluding carboxylic acids is 1. The summed E-state index contributed by atoms with van der Waals surface area (Å²) in [6.07, 6.45) is 0. The van der Waals surface area contributed by atoms with Crippen molar-refractivity contribution in [1.82, 2.24) is 20.0 Å². The van der Waals surface area contributed by atoms with Crippen LogP contribution in [0.5, 0.6) is 0 Å². The number of amides is 2. The van der Waals surface area contributed by atoms with Crippen molar-refractivity contribution in [2.75, 3.05) is 45.2 Å². The monoisotopic (exact) mass is 288 g/mol. The zero-order valence-corrected chi connectivity index (χ0v) is 12.9. The highest BCUT2D eigenvalue weighted by Crippen LogP contribution is 2.22. The number of hydrogen-bond donors (Lipinski definition) is 0. The lowest BCUT2D eigenvalue weighted by Crippen LogP contribution is -2.52. The van der Waals surface area contributed by atoms with E-state index in [0.29, 0.717) is 37.6 Å². The van der Waals surface area contributed by atoms with E-state index in [4.69, 9.17) is 0 Å². The number of anilines is 1. The number of hydrogen-bond acceptors (Lipinski definition) is 5. The highest BCUT2D eigenvalue weighted by molar-refractivity contribution is 5.74. The van der Waals surface area contributed by atoms with Crippen LogP contribution in [0.2, 0.25) is 0 Å². The third-order valence-corrected chi connectivity index (χ3v) is 3.78. The van der Waals surface area contributed by atoms with Gasteiger partial charge in [-0.1, -0.05) is 0 Å². The van der Waals surface area contributed by atoms with Crippen molar-refractivity contribution < 1.29 is 4.79 Å². The second kappa shape index (κ2) is 5.95. The number of urea groups is 1. The Kier molecular flexibility index (Phi) is 4.26. The van der Waals surface area contributed by atoms with Gasteiger partial charge in [-0.2, -0.15) is 10.4 Å².